The summed E-state index contributed by atoms with van der Waals surface area (Å²) in [5.74, 6) is 1.04. The van der Waals surface area contributed by atoms with E-state index in [1.54, 1.807) is 0 Å². The maximum Gasteiger partial charge on any atom is 0.0408 e. The summed E-state index contributed by atoms with van der Waals surface area (Å²) in [4.78, 5) is 0. The fourth-order valence-electron chi connectivity index (χ4n) is 1.72. The van der Waals surface area contributed by atoms with Crippen LogP contribution in [0.1, 0.15) is 31.7 Å². The second kappa shape index (κ2) is 5.38. The molecule has 0 fully saturated rings. The monoisotopic (exact) mass is 211 g/mol. The fourth-order valence-corrected chi connectivity index (χ4v) is 1.92. The molecule has 0 aliphatic rings. The number of hydrogen-bond acceptors (Lipinski definition) is 1. The van der Waals surface area contributed by atoms with Gasteiger partial charge < -0.3 is 5.73 Å². The highest BCUT2D eigenvalue weighted by Crippen LogP contribution is 2.27. The largest absolute Gasteiger partial charge is 0.330 e. The minimum absolute atomic E-state index is 0.429. The van der Waals surface area contributed by atoms with Crippen molar-refractivity contribution in [1.29, 1.82) is 0 Å². The molecule has 0 radical (unpaired) electrons. The SMILES string of the molecule is CCC(C)C(CN)c1cccc(Cl)c1. The molecular weight excluding hydrogens is 194 g/mol. The Hall–Kier alpha value is -0.530. The van der Waals surface area contributed by atoms with Crippen LogP contribution in [0, 0.1) is 5.92 Å². The predicted octanol–water partition coefficient (Wildman–Crippen LogP) is 3.43. The Labute approximate surface area is 91.3 Å². The summed E-state index contributed by atoms with van der Waals surface area (Å²) in [5.41, 5.74) is 7.05. The zero-order chi connectivity index (χ0) is 10.6. The lowest BCUT2D eigenvalue weighted by Gasteiger charge is -2.21. The molecule has 14 heavy (non-hydrogen) atoms. The number of nitrogens with two attached hydrogens (primary N) is 1. The Bertz CT molecular complexity index is 285. The smallest absolute Gasteiger partial charge is 0.0408 e. The van der Waals surface area contributed by atoms with Crippen LogP contribution in [0.2, 0.25) is 5.02 Å². The van der Waals surface area contributed by atoms with Crippen LogP contribution in [-0.4, -0.2) is 6.54 Å². The molecule has 1 aromatic carbocycles. The van der Waals surface area contributed by atoms with Gasteiger partial charge in [-0.25, -0.2) is 0 Å². The highest BCUT2D eigenvalue weighted by molar-refractivity contribution is 6.30. The molecule has 0 saturated heterocycles. The molecule has 0 saturated carbocycles. The van der Waals surface area contributed by atoms with Crippen LogP contribution in [-0.2, 0) is 0 Å². The van der Waals surface area contributed by atoms with E-state index >= 15 is 0 Å². The van der Waals surface area contributed by atoms with Crippen molar-refractivity contribution in [3.8, 4) is 0 Å². The molecule has 1 rings (SSSR count). The van der Waals surface area contributed by atoms with Crippen LogP contribution in [0.15, 0.2) is 24.3 Å². The minimum Gasteiger partial charge on any atom is -0.330 e. The van der Waals surface area contributed by atoms with Crippen molar-refractivity contribution in [1.82, 2.24) is 0 Å². The van der Waals surface area contributed by atoms with E-state index in [4.69, 9.17) is 17.3 Å². The van der Waals surface area contributed by atoms with Gasteiger partial charge in [0.1, 0.15) is 0 Å². The average Bonchev–Trinajstić information content (AvgIpc) is 2.19. The highest BCUT2D eigenvalue weighted by atomic mass is 35.5. The molecule has 2 unspecified atom stereocenters. The molecule has 0 amide bonds. The quantitative estimate of drug-likeness (QED) is 0.812. The Morgan fingerprint density at radius 1 is 1.43 bits per heavy atom. The lowest BCUT2D eigenvalue weighted by atomic mass is 9.86. The van der Waals surface area contributed by atoms with Gasteiger partial charge in [-0.05, 0) is 36.1 Å². The van der Waals surface area contributed by atoms with Gasteiger partial charge in [-0.2, -0.15) is 0 Å². The van der Waals surface area contributed by atoms with Crippen molar-refractivity contribution in [3.63, 3.8) is 0 Å². The van der Waals surface area contributed by atoms with Crippen molar-refractivity contribution in [2.24, 2.45) is 11.7 Å². The molecular formula is C12H18ClN. The number of halogens is 1. The standard InChI is InChI=1S/C12H18ClN/c1-3-9(2)12(8-14)10-5-4-6-11(13)7-10/h4-7,9,12H,3,8,14H2,1-2H3. The Balaban J connectivity index is 2.89. The minimum atomic E-state index is 0.429. The molecule has 1 aromatic rings. The van der Waals surface area contributed by atoms with Gasteiger partial charge in [0.25, 0.3) is 0 Å². The van der Waals surface area contributed by atoms with Crippen LogP contribution >= 0.6 is 11.6 Å². The topological polar surface area (TPSA) is 26.0 Å². The molecule has 0 heterocycles. The summed E-state index contributed by atoms with van der Waals surface area (Å²) in [6.45, 7) is 5.12. The van der Waals surface area contributed by atoms with Crippen molar-refractivity contribution < 1.29 is 0 Å². The van der Waals surface area contributed by atoms with Crippen LogP contribution in [0.3, 0.4) is 0 Å². The predicted molar refractivity (Wildman–Crippen MR) is 62.7 cm³/mol. The second-order valence-electron chi connectivity index (χ2n) is 3.78. The highest BCUT2D eigenvalue weighted by Gasteiger charge is 2.16. The van der Waals surface area contributed by atoms with Crippen LogP contribution in [0.25, 0.3) is 0 Å². The van der Waals surface area contributed by atoms with Crippen molar-refractivity contribution in [2.45, 2.75) is 26.2 Å². The van der Waals surface area contributed by atoms with Crippen LogP contribution in [0.4, 0.5) is 0 Å². The normalized spacial score (nSPS) is 15.1. The van der Waals surface area contributed by atoms with Crippen molar-refractivity contribution in [2.75, 3.05) is 6.54 Å². The first-order chi connectivity index (χ1) is 6.69. The van der Waals surface area contributed by atoms with Crippen molar-refractivity contribution >= 4 is 11.6 Å². The third-order valence-corrected chi connectivity index (χ3v) is 3.10. The molecule has 0 bridgehead atoms. The average molecular weight is 212 g/mol. The first kappa shape index (κ1) is 11.5. The fraction of sp³-hybridized carbons (Fsp3) is 0.500. The molecule has 1 nitrogen and oxygen atoms in total. The van der Waals surface area contributed by atoms with Gasteiger partial charge in [-0.3, -0.25) is 0 Å². The van der Waals surface area contributed by atoms with E-state index in [1.165, 1.54) is 5.56 Å². The molecule has 78 valence electrons. The molecule has 0 spiro atoms. The molecule has 2 N–H and O–H groups in total. The number of rotatable bonds is 4. The van der Waals surface area contributed by atoms with Gasteiger partial charge in [0.05, 0.1) is 0 Å². The van der Waals surface area contributed by atoms with Gasteiger partial charge in [-0.15, -0.1) is 0 Å². The maximum atomic E-state index is 5.95. The summed E-state index contributed by atoms with van der Waals surface area (Å²) in [7, 11) is 0. The summed E-state index contributed by atoms with van der Waals surface area (Å²) in [6.07, 6.45) is 1.15. The zero-order valence-electron chi connectivity index (χ0n) is 8.83. The molecule has 0 aliphatic heterocycles. The maximum absolute atomic E-state index is 5.95. The summed E-state index contributed by atoms with van der Waals surface area (Å²) >= 11 is 5.95. The molecule has 2 atom stereocenters. The zero-order valence-corrected chi connectivity index (χ0v) is 9.59. The Kier molecular flexibility index (Phi) is 4.43. The lowest BCUT2D eigenvalue weighted by molar-refractivity contribution is 0.452. The summed E-state index contributed by atoms with van der Waals surface area (Å²) < 4.78 is 0. The van der Waals surface area contributed by atoms with E-state index in [1.807, 2.05) is 18.2 Å². The van der Waals surface area contributed by atoms with E-state index in [0.717, 1.165) is 11.4 Å². The third kappa shape index (κ3) is 2.73. The summed E-state index contributed by atoms with van der Waals surface area (Å²) in [5, 5.41) is 0.796. The molecule has 2 heteroatoms. The van der Waals surface area contributed by atoms with Crippen molar-refractivity contribution in [3.05, 3.63) is 34.9 Å². The molecule has 0 aliphatic carbocycles. The van der Waals surface area contributed by atoms with E-state index in [2.05, 4.69) is 19.9 Å². The van der Waals surface area contributed by atoms with Gasteiger partial charge in [-0.1, -0.05) is 44.0 Å². The van der Waals surface area contributed by atoms with E-state index in [0.29, 0.717) is 18.4 Å². The summed E-state index contributed by atoms with van der Waals surface area (Å²) in [6, 6.07) is 8.01. The second-order valence-corrected chi connectivity index (χ2v) is 4.22. The van der Waals surface area contributed by atoms with E-state index < -0.39 is 0 Å². The molecule has 0 aromatic heterocycles. The number of benzene rings is 1. The van der Waals surface area contributed by atoms with Crippen LogP contribution in [0.5, 0.6) is 0 Å². The third-order valence-electron chi connectivity index (χ3n) is 2.86. The van der Waals surface area contributed by atoms with Gasteiger partial charge in [0.15, 0.2) is 0 Å². The number of hydrogen-bond donors (Lipinski definition) is 1. The van der Waals surface area contributed by atoms with Gasteiger partial charge in [0, 0.05) is 5.02 Å². The Morgan fingerprint density at radius 2 is 2.14 bits per heavy atom. The lowest BCUT2D eigenvalue weighted by Crippen LogP contribution is -2.19. The first-order valence-corrected chi connectivity index (χ1v) is 5.52. The van der Waals surface area contributed by atoms with E-state index in [-0.39, 0.29) is 0 Å². The Morgan fingerprint density at radius 3 is 2.64 bits per heavy atom. The first-order valence-electron chi connectivity index (χ1n) is 5.14. The van der Waals surface area contributed by atoms with Gasteiger partial charge in [0.2, 0.25) is 0 Å². The van der Waals surface area contributed by atoms with Crippen LogP contribution < -0.4 is 5.73 Å². The van der Waals surface area contributed by atoms with Gasteiger partial charge >= 0.3 is 0 Å². The van der Waals surface area contributed by atoms with E-state index in [9.17, 15) is 0 Å².